The Balaban J connectivity index is 2.88. The Morgan fingerprint density at radius 3 is 2.10 bits per heavy atom. The molecule has 0 spiro atoms. The highest BCUT2D eigenvalue weighted by molar-refractivity contribution is 6.97. The lowest BCUT2D eigenvalue weighted by Gasteiger charge is -2.18. The van der Waals surface area contributed by atoms with Gasteiger partial charge in [0.2, 0.25) is 0 Å². The van der Waals surface area contributed by atoms with E-state index in [-0.39, 0.29) is 0 Å². The molecule has 2 aromatic rings. The second-order valence-corrected chi connectivity index (χ2v) is 5.81. The summed E-state index contributed by atoms with van der Waals surface area (Å²) in [6.45, 7) is 13.3. The molecule has 0 saturated carbocycles. The fourth-order valence-corrected chi connectivity index (χ4v) is 3.06. The van der Waals surface area contributed by atoms with Crippen LogP contribution in [0.25, 0.3) is 11.3 Å². The summed E-state index contributed by atoms with van der Waals surface area (Å²) in [7, 11) is 3.03. The molecule has 1 N–H and O–H groups in total. The zero-order valence-electron chi connectivity index (χ0n) is 14.3. The first-order chi connectivity index (χ1) is 9.84. The zero-order chi connectivity index (χ0) is 15.9. The third-order valence-electron chi connectivity index (χ3n) is 4.81. The summed E-state index contributed by atoms with van der Waals surface area (Å²) in [4.78, 5) is 0. The summed E-state index contributed by atoms with van der Waals surface area (Å²) in [6.07, 6.45) is 0. The maximum Gasteiger partial charge on any atom is 0.145 e. The molecule has 0 saturated heterocycles. The van der Waals surface area contributed by atoms with E-state index in [1.165, 1.54) is 16.7 Å². The number of benzene rings is 1. The van der Waals surface area contributed by atoms with E-state index in [2.05, 4.69) is 42.4 Å². The molecule has 1 aromatic carbocycles. The predicted molar refractivity (Wildman–Crippen MR) is 94.0 cm³/mol. The van der Waals surface area contributed by atoms with Crippen LogP contribution in [0.2, 0.25) is 0 Å². The molecule has 0 fully saturated rings. The van der Waals surface area contributed by atoms with E-state index in [4.69, 9.17) is 5.10 Å². The van der Waals surface area contributed by atoms with Crippen molar-refractivity contribution < 1.29 is 5.11 Å². The number of hydrogen-bond acceptors (Lipinski definition) is 2. The number of hydrogen-bond donors (Lipinski definition) is 1. The number of rotatable bonds is 3. The monoisotopic (exact) mass is 282 g/mol. The van der Waals surface area contributed by atoms with Crippen LogP contribution in [0.1, 0.15) is 34.7 Å². The Labute approximate surface area is 129 Å². The first-order valence-corrected chi connectivity index (χ1v) is 7.70. The van der Waals surface area contributed by atoms with Gasteiger partial charge in [0.05, 0.1) is 13.4 Å². The summed E-state index contributed by atoms with van der Waals surface area (Å²) in [5.41, 5.74) is 8.84. The SMILES string of the molecule is BBc1nn(CC)c(-c2c(C)c(C)c(C)c(C)c2O)c1C. The summed E-state index contributed by atoms with van der Waals surface area (Å²) in [5, 5.41) is 15.4. The highest BCUT2D eigenvalue weighted by Crippen LogP contribution is 2.40. The van der Waals surface area contributed by atoms with Gasteiger partial charge in [0.15, 0.2) is 0 Å². The van der Waals surface area contributed by atoms with Crippen LogP contribution in [0.3, 0.4) is 0 Å². The lowest BCUT2D eigenvalue weighted by molar-refractivity contribution is 0.471. The number of aryl methyl sites for hydroxylation is 1. The van der Waals surface area contributed by atoms with Crippen molar-refractivity contribution >= 4 is 20.5 Å². The van der Waals surface area contributed by atoms with E-state index in [1.54, 1.807) is 0 Å². The molecule has 5 heteroatoms. The van der Waals surface area contributed by atoms with E-state index < -0.39 is 0 Å². The van der Waals surface area contributed by atoms with Crippen molar-refractivity contribution in [3.05, 3.63) is 27.8 Å². The Morgan fingerprint density at radius 1 is 1.00 bits per heavy atom. The van der Waals surface area contributed by atoms with Crippen molar-refractivity contribution in [2.24, 2.45) is 0 Å². The highest BCUT2D eigenvalue weighted by Gasteiger charge is 2.22. The smallest absolute Gasteiger partial charge is 0.145 e. The lowest BCUT2D eigenvalue weighted by Crippen LogP contribution is -2.19. The van der Waals surface area contributed by atoms with Crippen LogP contribution in [0.15, 0.2) is 0 Å². The van der Waals surface area contributed by atoms with Crippen LogP contribution < -0.4 is 5.59 Å². The van der Waals surface area contributed by atoms with Gasteiger partial charge >= 0.3 is 0 Å². The lowest BCUT2D eigenvalue weighted by atomic mass is 9.52. The number of phenolic OH excluding ortho intramolecular Hbond substituents is 1. The van der Waals surface area contributed by atoms with Gasteiger partial charge in [-0.15, -0.1) is 0 Å². The van der Waals surface area contributed by atoms with Gasteiger partial charge in [-0.25, -0.2) is 0 Å². The second-order valence-electron chi connectivity index (χ2n) is 5.81. The molecular formula is C16H24B2N2O. The molecule has 3 nitrogen and oxygen atoms in total. The molecule has 110 valence electrons. The van der Waals surface area contributed by atoms with Gasteiger partial charge < -0.3 is 5.11 Å². The van der Waals surface area contributed by atoms with Crippen molar-refractivity contribution in [1.82, 2.24) is 9.78 Å². The number of aromatic nitrogens is 2. The normalized spacial score (nSPS) is 11.0. The van der Waals surface area contributed by atoms with Crippen molar-refractivity contribution in [1.29, 1.82) is 0 Å². The molecular weight excluding hydrogens is 258 g/mol. The van der Waals surface area contributed by atoms with Gasteiger partial charge in [-0.3, -0.25) is 4.68 Å². The summed E-state index contributed by atoms with van der Waals surface area (Å²) < 4.78 is 2.02. The van der Waals surface area contributed by atoms with Crippen LogP contribution in [0.4, 0.5) is 0 Å². The van der Waals surface area contributed by atoms with E-state index in [9.17, 15) is 5.11 Å². The average Bonchev–Trinajstić information content (AvgIpc) is 2.80. The Kier molecular flexibility index (Phi) is 4.22. The van der Waals surface area contributed by atoms with E-state index in [0.717, 1.165) is 41.7 Å². The van der Waals surface area contributed by atoms with Crippen molar-refractivity contribution in [3.8, 4) is 17.0 Å². The standard InChI is InChI=1S/C16H24B2N2O/c1-7-20-14(12(6)16(18-17)19-20)13-10(4)8(2)9(3)11(5)15(13)21/h18,21H,7,17H2,1-6H3. The average molecular weight is 282 g/mol. The minimum Gasteiger partial charge on any atom is -0.507 e. The minimum absolute atomic E-state index is 0.399. The highest BCUT2D eigenvalue weighted by atomic mass is 16.3. The van der Waals surface area contributed by atoms with Gasteiger partial charge in [0.25, 0.3) is 0 Å². The van der Waals surface area contributed by atoms with Crippen LogP contribution in [-0.2, 0) is 6.54 Å². The molecule has 0 aliphatic carbocycles. The topological polar surface area (TPSA) is 38.0 Å². The molecule has 0 unspecified atom stereocenters. The van der Waals surface area contributed by atoms with Crippen LogP contribution >= 0.6 is 0 Å². The number of nitrogens with zero attached hydrogens (tertiary/aromatic N) is 2. The minimum atomic E-state index is 0.399. The Morgan fingerprint density at radius 2 is 1.57 bits per heavy atom. The van der Waals surface area contributed by atoms with Gasteiger partial charge in [-0.2, -0.15) is 5.10 Å². The van der Waals surface area contributed by atoms with Gasteiger partial charge in [0, 0.05) is 17.7 Å². The summed E-state index contributed by atoms with van der Waals surface area (Å²) >= 11 is 0. The van der Waals surface area contributed by atoms with Crippen LogP contribution in [0, 0.1) is 34.6 Å². The maximum atomic E-state index is 10.7. The largest absolute Gasteiger partial charge is 0.507 e. The van der Waals surface area contributed by atoms with Crippen molar-refractivity contribution in [3.63, 3.8) is 0 Å². The third-order valence-corrected chi connectivity index (χ3v) is 4.81. The van der Waals surface area contributed by atoms with Gasteiger partial charge in [0.1, 0.15) is 12.9 Å². The van der Waals surface area contributed by atoms with E-state index in [0.29, 0.717) is 5.75 Å². The molecule has 0 radical (unpaired) electrons. The fourth-order valence-electron chi connectivity index (χ4n) is 3.06. The molecule has 21 heavy (non-hydrogen) atoms. The van der Waals surface area contributed by atoms with Crippen molar-refractivity contribution in [2.75, 3.05) is 0 Å². The molecule has 1 heterocycles. The maximum absolute atomic E-state index is 10.7. The van der Waals surface area contributed by atoms with E-state index >= 15 is 0 Å². The first kappa shape index (κ1) is 15.7. The third kappa shape index (κ3) is 2.29. The number of aromatic hydroxyl groups is 1. The molecule has 2 rings (SSSR count). The van der Waals surface area contributed by atoms with Gasteiger partial charge in [-0.1, -0.05) is 0 Å². The Bertz CT molecular complexity index is 676. The van der Waals surface area contributed by atoms with Crippen LogP contribution in [-0.4, -0.2) is 29.8 Å². The van der Waals surface area contributed by atoms with Crippen LogP contribution in [0.5, 0.6) is 5.75 Å². The fraction of sp³-hybridized carbons (Fsp3) is 0.438. The number of phenols is 1. The molecule has 0 amide bonds. The molecule has 0 aliphatic rings. The molecule has 0 atom stereocenters. The van der Waals surface area contributed by atoms with Gasteiger partial charge in [-0.05, 0) is 69.4 Å². The second kappa shape index (κ2) is 5.63. The van der Waals surface area contributed by atoms with Crippen molar-refractivity contribution in [2.45, 2.75) is 48.1 Å². The molecule has 0 aliphatic heterocycles. The zero-order valence-corrected chi connectivity index (χ0v) is 14.3. The first-order valence-electron chi connectivity index (χ1n) is 7.70. The quantitative estimate of drug-likeness (QED) is 0.865. The summed E-state index contributed by atoms with van der Waals surface area (Å²) in [5.74, 6) is 0.399. The Hall–Kier alpha value is -1.64. The summed E-state index contributed by atoms with van der Waals surface area (Å²) in [6, 6.07) is 0. The predicted octanol–water partition coefficient (Wildman–Crippen LogP) is 1.43. The molecule has 1 aromatic heterocycles. The van der Waals surface area contributed by atoms with E-state index in [1.807, 2.05) is 11.6 Å². The molecule has 0 bridgehead atoms.